The number of hydrogen-bond acceptors (Lipinski definition) is 3. The van der Waals surface area contributed by atoms with Gasteiger partial charge in [0.2, 0.25) is 0 Å². The van der Waals surface area contributed by atoms with Gasteiger partial charge in [0.15, 0.2) is 0 Å². The van der Waals surface area contributed by atoms with Gasteiger partial charge in [0.1, 0.15) is 0 Å². The van der Waals surface area contributed by atoms with Gasteiger partial charge in [-0.3, -0.25) is 10.1 Å². The van der Waals surface area contributed by atoms with Gasteiger partial charge in [-0.05, 0) is 23.3 Å². The maximum Gasteiger partial charge on any atom is 0.417 e. The van der Waals surface area contributed by atoms with Gasteiger partial charge < -0.3 is 5.11 Å². The molecule has 0 radical (unpaired) electrons. The highest BCUT2D eigenvalue weighted by Crippen LogP contribution is 2.38. The van der Waals surface area contributed by atoms with Crippen LogP contribution in [0.1, 0.15) is 15.9 Å². The lowest BCUT2D eigenvalue weighted by Gasteiger charge is -2.13. The molecule has 5 nitrogen and oxygen atoms in total. The van der Waals surface area contributed by atoms with Crippen LogP contribution in [0.15, 0.2) is 42.5 Å². The van der Waals surface area contributed by atoms with Crippen LogP contribution in [-0.4, -0.2) is 16.0 Å². The van der Waals surface area contributed by atoms with Crippen molar-refractivity contribution in [2.24, 2.45) is 0 Å². The molecule has 114 valence electrons. The fraction of sp³-hybridized carbons (Fsp3) is 0.0714. The van der Waals surface area contributed by atoms with Gasteiger partial charge in [-0.2, -0.15) is 13.2 Å². The zero-order valence-corrected chi connectivity index (χ0v) is 10.8. The van der Waals surface area contributed by atoms with Crippen molar-refractivity contribution in [3.8, 4) is 11.1 Å². The van der Waals surface area contributed by atoms with Crippen LogP contribution in [-0.2, 0) is 6.18 Å². The quantitative estimate of drug-likeness (QED) is 0.686. The summed E-state index contributed by atoms with van der Waals surface area (Å²) in [5.74, 6) is -1.46. The second-order valence-electron chi connectivity index (χ2n) is 4.37. The lowest BCUT2D eigenvalue weighted by atomic mass is 9.97. The van der Waals surface area contributed by atoms with Crippen LogP contribution in [0.25, 0.3) is 11.1 Å². The van der Waals surface area contributed by atoms with Crippen molar-refractivity contribution in [3.05, 3.63) is 63.7 Å². The summed E-state index contributed by atoms with van der Waals surface area (Å²) in [6, 6.07) is 7.16. The van der Waals surface area contributed by atoms with E-state index in [4.69, 9.17) is 5.11 Å². The molecule has 2 aromatic carbocycles. The standard InChI is InChI=1S/C14H8F3NO4/c15-14(16,17)12-4-2-1-3-11(12)8-5-9(13(19)20)7-10(6-8)18(21)22/h1-7H,(H,19,20). The van der Waals surface area contributed by atoms with E-state index in [1.165, 1.54) is 12.1 Å². The predicted molar refractivity (Wildman–Crippen MR) is 70.5 cm³/mol. The van der Waals surface area contributed by atoms with Crippen molar-refractivity contribution in [3.63, 3.8) is 0 Å². The number of carboxylic acids is 1. The molecule has 0 fully saturated rings. The zero-order valence-electron chi connectivity index (χ0n) is 10.8. The number of hydrogen-bond donors (Lipinski definition) is 1. The minimum atomic E-state index is -4.66. The van der Waals surface area contributed by atoms with Gasteiger partial charge in [-0.25, -0.2) is 4.79 Å². The monoisotopic (exact) mass is 311 g/mol. The minimum Gasteiger partial charge on any atom is -0.478 e. The van der Waals surface area contributed by atoms with E-state index in [1.54, 1.807) is 0 Å². The van der Waals surface area contributed by atoms with Crippen molar-refractivity contribution < 1.29 is 28.0 Å². The molecule has 2 rings (SSSR count). The molecule has 2 aromatic rings. The molecule has 0 atom stereocenters. The molecule has 0 aliphatic heterocycles. The highest BCUT2D eigenvalue weighted by atomic mass is 19.4. The summed E-state index contributed by atoms with van der Waals surface area (Å²) in [4.78, 5) is 21.0. The normalized spacial score (nSPS) is 11.2. The van der Waals surface area contributed by atoms with Crippen LogP contribution in [0.3, 0.4) is 0 Å². The Morgan fingerprint density at radius 3 is 2.32 bits per heavy atom. The first kappa shape index (κ1) is 15.5. The third-order valence-corrected chi connectivity index (χ3v) is 2.92. The molecule has 0 aliphatic rings. The van der Waals surface area contributed by atoms with E-state index < -0.39 is 33.9 Å². The van der Waals surface area contributed by atoms with E-state index in [9.17, 15) is 28.1 Å². The summed E-state index contributed by atoms with van der Waals surface area (Å²) >= 11 is 0. The molecule has 0 heterocycles. The SMILES string of the molecule is O=C(O)c1cc(-c2ccccc2C(F)(F)F)cc([N+](=O)[O-])c1. The van der Waals surface area contributed by atoms with Crippen molar-refractivity contribution in [2.75, 3.05) is 0 Å². The Morgan fingerprint density at radius 2 is 1.77 bits per heavy atom. The smallest absolute Gasteiger partial charge is 0.417 e. The first-order valence-corrected chi connectivity index (χ1v) is 5.89. The number of halogens is 3. The van der Waals surface area contributed by atoms with Crippen LogP contribution in [0, 0.1) is 10.1 Å². The lowest BCUT2D eigenvalue weighted by Crippen LogP contribution is -2.07. The van der Waals surface area contributed by atoms with E-state index in [1.807, 2.05) is 0 Å². The second kappa shape index (κ2) is 5.47. The summed E-state index contributed by atoms with van der Waals surface area (Å²) in [6.45, 7) is 0. The third-order valence-electron chi connectivity index (χ3n) is 2.92. The molecule has 0 unspecified atom stereocenters. The maximum atomic E-state index is 13.0. The Hall–Kier alpha value is -2.90. The van der Waals surface area contributed by atoms with Gasteiger partial charge in [0.05, 0.1) is 16.1 Å². The molecule has 0 saturated carbocycles. The molecule has 8 heteroatoms. The molecular formula is C14H8F3NO4. The summed E-state index contributed by atoms with van der Waals surface area (Å²) in [5, 5.41) is 19.8. The molecule has 0 amide bonds. The number of benzene rings is 2. The minimum absolute atomic E-state index is 0.181. The van der Waals surface area contributed by atoms with Crippen LogP contribution in [0.5, 0.6) is 0 Å². The van der Waals surface area contributed by atoms with Crippen LogP contribution in [0.2, 0.25) is 0 Å². The fourth-order valence-electron chi connectivity index (χ4n) is 1.98. The first-order chi connectivity index (χ1) is 10.2. The topological polar surface area (TPSA) is 80.4 Å². The van der Waals surface area contributed by atoms with Gasteiger partial charge >= 0.3 is 12.1 Å². The number of nitro groups is 1. The van der Waals surface area contributed by atoms with Crippen LogP contribution in [0.4, 0.5) is 18.9 Å². The highest BCUT2D eigenvalue weighted by Gasteiger charge is 2.33. The van der Waals surface area contributed by atoms with E-state index in [-0.39, 0.29) is 11.1 Å². The number of carboxylic acid groups (broad SMARTS) is 1. The van der Waals surface area contributed by atoms with Gasteiger partial charge in [-0.1, -0.05) is 18.2 Å². The number of aromatic carboxylic acids is 1. The number of carbonyl (C=O) groups is 1. The molecule has 0 saturated heterocycles. The summed E-state index contributed by atoms with van der Waals surface area (Å²) < 4.78 is 39.0. The van der Waals surface area contributed by atoms with Gasteiger partial charge in [0, 0.05) is 12.1 Å². The average molecular weight is 311 g/mol. The molecular weight excluding hydrogens is 303 g/mol. The molecule has 0 bridgehead atoms. The van der Waals surface area contributed by atoms with Crippen LogP contribution < -0.4 is 0 Å². The lowest BCUT2D eigenvalue weighted by molar-refractivity contribution is -0.384. The van der Waals surface area contributed by atoms with Crippen molar-refractivity contribution >= 4 is 11.7 Å². The van der Waals surface area contributed by atoms with Crippen LogP contribution >= 0.6 is 0 Å². The zero-order chi connectivity index (χ0) is 16.5. The number of rotatable bonds is 3. The van der Waals surface area contributed by atoms with Gasteiger partial charge in [0.25, 0.3) is 5.69 Å². The summed E-state index contributed by atoms with van der Waals surface area (Å²) in [7, 11) is 0. The molecule has 22 heavy (non-hydrogen) atoms. The average Bonchev–Trinajstić information content (AvgIpc) is 2.45. The Morgan fingerprint density at radius 1 is 1.14 bits per heavy atom. The van der Waals surface area contributed by atoms with E-state index >= 15 is 0 Å². The Labute approximate surface area is 121 Å². The van der Waals surface area contributed by atoms with E-state index in [0.29, 0.717) is 0 Å². The molecule has 0 spiro atoms. The first-order valence-electron chi connectivity index (χ1n) is 5.89. The molecule has 0 aliphatic carbocycles. The second-order valence-corrected chi connectivity index (χ2v) is 4.37. The Bertz CT molecular complexity index is 724. The highest BCUT2D eigenvalue weighted by molar-refractivity contribution is 5.91. The van der Waals surface area contributed by atoms with Crippen molar-refractivity contribution in [1.82, 2.24) is 0 Å². The van der Waals surface area contributed by atoms with Crippen molar-refractivity contribution in [2.45, 2.75) is 6.18 Å². The number of nitrogens with zero attached hydrogens (tertiary/aromatic N) is 1. The number of alkyl halides is 3. The summed E-state index contributed by atoms with van der Waals surface area (Å²) in [5.41, 5.74) is -2.54. The predicted octanol–water partition coefficient (Wildman–Crippen LogP) is 3.98. The molecule has 1 N–H and O–H groups in total. The van der Waals surface area contributed by atoms with E-state index in [2.05, 4.69) is 0 Å². The summed E-state index contributed by atoms with van der Waals surface area (Å²) in [6.07, 6.45) is -4.66. The third kappa shape index (κ3) is 3.05. The number of non-ortho nitro benzene ring substituents is 1. The van der Waals surface area contributed by atoms with Crippen molar-refractivity contribution in [1.29, 1.82) is 0 Å². The van der Waals surface area contributed by atoms with Gasteiger partial charge in [-0.15, -0.1) is 0 Å². The van der Waals surface area contributed by atoms with E-state index in [0.717, 1.165) is 30.3 Å². The Kier molecular flexibility index (Phi) is 3.85. The maximum absolute atomic E-state index is 13.0. The largest absolute Gasteiger partial charge is 0.478 e. The fourth-order valence-corrected chi connectivity index (χ4v) is 1.98. The molecule has 0 aromatic heterocycles. The Balaban J connectivity index is 2.73. The number of nitro benzene ring substituents is 1.